The molecule has 2 N–H and O–H groups in total. The summed E-state index contributed by atoms with van der Waals surface area (Å²) in [5.41, 5.74) is 1.29. The molecule has 1 rings (SSSR count). The third kappa shape index (κ3) is 5.43. The van der Waals surface area contributed by atoms with Crippen LogP contribution in [0.1, 0.15) is 56.0 Å². The first-order valence-electron chi connectivity index (χ1n) is 6.97. The number of aryl methyl sites for hydroxylation is 1. The molecule has 0 aliphatic heterocycles. The zero-order valence-corrected chi connectivity index (χ0v) is 12.4. The third-order valence-electron chi connectivity index (χ3n) is 3.17. The molecular formula is C16H23NO3. The van der Waals surface area contributed by atoms with Crippen molar-refractivity contribution in [3.05, 3.63) is 35.4 Å². The van der Waals surface area contributed by atoms with E-state index in [2.05, 4.69) is 12.2 Å². The molecule has 0 radical (unpaired) electrons. The summed E-state index contributed by atoms with van der Waals surface area (Å²) in [4.78, 5) is 22.7. The van der Waals surface area contributed by atoms with Gasteiger partial charge in [0, 0.05) is 17.5 Å². The Hall–Kier alpha value is -1.84. The van der Waals surface area contributed by atoms with E-state index in [-0.39, 0.29) is 12.3 Å². The highest BCUT2D eigenvalue weighted by Crippen LogP contribution is 2.13. The van der Waals surface area contributed by atoms with E-state index in [9.17, 15) is 9.59 Å². The van der Waals surface area contributed by atoms with Gasteiger partial charge in [0.25, 0.3) is 5.91 Å². The lowest BCUT2D eigenvalue weighted by Gasteiger charge is -2.25. The topological polar surface area (TPSA) is 66.4 Å². The highest BCUT2D eigenvalue weighted by molar-refractivity contribution is 5.94. The molecule has 0 aliphatic carbocycles. The van der Waals surface area contributed by atoms with Crippen LogP contribution in [0.15, 0.2) is 24.3 Å². The summed E-state index contributed by atoms with van der Waals surface area (Å²) in [6.07, 6.45) is 2.53. The van der Waals surface area contributed by atoms with Gasteiger partial charge in [-0.3, -0.25) is 9.59 Å². The fourth-order valence-corrected chi connectivity index (χ4v) is 1.97. The molecule has 1 amide bonds. The molecular weight excluding hydrogens is 254 g/mol. The van der Waals surface area contributed by atoms with Gasteiger partial charge >= 0.3 is 5.97 Å². The maximum atomic E-state index is 12.1. The molecule has 0 spiro atoms. The molecule has 1 aromatic rings. The van der Waals surface area contributed by atoms with Crippen molar-refractivity contribution in [3.63, 3.8) is 0 Å². The minimum atomic E-state index is -0.851. The zero-order valence-electron chi connectivity index (χ0n) is 12.4. The van der Waals surface area contributed by atoms with Crippen molar-refractivity contribution in [2.75, 3.05) is 0 Å². The first kappa shape index (κ1) is 16.2. The fourth-order valence-electron chi connectivity index (χ4n) is 1.97. The van der Waals surface area contributed by atoms with Crippen molar-refractivity contribution >= 4 is 11.9 Å². The third-order valence-corrected chi connectivity index (χ3v) is 3.17. The van der Waals surface area contributed by atoms with Crippen LogP contribution in [0.5, 0.6) is 0 Å². The number of rotatable bonds is 7. The van der Waals surface area contributed by atoms with Crippen LogP contribution in [0.3, 0.4) is 0 Å². The van der Waals surface area contributed by atoms with Crippen molar-refractivity contribution in [2.45, 2.75) is 52.0 Å². The number of nitrogens with one attached hydrogen (secondary N) is 1. The fraction of sp³-hybridized carbons (Fsp3) is 0.500. The van der Waals surface area contributed by atoms with E-state index in [1.54, 1.807) is 0 Å². The Morgan fingerprint density at radius 1 is 1.20 bits per heavy atom. The molecule has 0 heterocycles. The number of aliphatic carboxylic acids is 1. The van der Waals surface area contributed by atoms with Crippen molar-refractivity contribution in [1.29, 1.82) is 0 Å². The van der Waals surface area contributed by atoms with Gasteiger partial charge in [-0.1, -0.05) is 25.5 Å². The zero-order chi connectivity index (χ0) is 15.2. The van der Waals surface area contributed by atoms with Crippen LogP contribution in [0.2, 0.25) is 0 Å². The van der Waals surface area contributed by atoms with E-state index in [0.717, 1.165) is 12.8 Å². The van der Waals surface area contributed by atoms with Gasteiger partial charge in [0.05, 0.1) is 0 Å². The van der Waals surface area contributed by atoms with Crippen molar-refractivity contribution in [1.82, 2.24) is 5.32 Å². The van der Waals surface area contributed by atoms with Crippen LogP contribution < -0.4 is 5.32 Å². The lowest BCUT2D eigenvalue weighted by molar-refractivity contribution is -0.137. The molecule has 0 saturated carbocycles. The summed E-state index contributed by atoms with van der Waals surface area (Å²) >= 11 is 0. The molecule has 4 heteroatoms. The molecule has 0 bridgehead atoms. The molecule has 0 saturated heterocycles. The van der Waals surface area contributed by atoms with Crippen LogP contribution in [0.4, 0.5) is 0 Å². The predicted octanol–water partition coefficient (Wildman–Crippen LogP) is 3.01. The summed E-state index contributed by atoms with van der Waals surface area (Å²) < 4.78 is 0. The van der Waals surface area contributed by atoms with Crippen molar-refractivity contribution in [2.24, 2.45) is 0 Å². The normalized spacial score (nSPS) is 11.2. The summed E-state index contributed by atoms with van der Waals surface area (Å²) in [5.74, 6) is -1.01. The Labute approximate surface area is 120 Å². The maximum absolute atomic E-state index is 12.1. The Morgan fingerprint density at radius 3 is 2.30 bits per heavy atom. The van der Waals surface area contributed by atoms with Crippen LogP contribution in [-0.2, 0) is 11.2 Å². The molecule has 0 atom stereocenters. The Bertz CT molecular complexity index is 463. The number of amides is 1. The monoisotopic (exact) mass is 277 g/mol. The number of carbonyl (C=O) groups excluding carboxylic acids is 1. The molecule has 0 fully saturated rings. The van der Waals surface area contributed by atoms with Crippen LogP contribution in [-0.4, -0.2) is 22.5 Å². The SMILES string of the molecule is CCCc1ccc(C(=O)NC(C)(C)CCC(=O)O)cc1. The molecule has 0 aliphatic rings. The van der Waals surface area contributed by atoms with Gasteiger partial charge < -0.3 is 10.4 Å². The van der Waals surface area contributed by atoms with Gasteiger partial charge in [-0.15, -0.1) is 0 Å². The average Bonchev–Trinajstić information content (AvgIpc) is 2.37. The average molecular weight is 277 g/mol. The van der Waals surface area contributed by atoms with E-state index in [1.165, 1.54) is 5.56 Å². The van der Waals surface area contributed by atoms with Crippen LogP contribution in [0, 0.1) is 0 Å². The first-order chi connectivity index (χ1) is 9.34. The number of carboxylic acids is 1. The summed E-state index contributed by atoms with van der Waals surface area (Å²) in [6.45, 7) is 5.78. The number of hydrogen-bond acceptors (Lipinski definition) is 2. The summed E-state index contributed by atoms with van der Waals surface area (Å²) in [6, 6.07) is 7.55. The second-order valence-corrected chi connectivity index (χ2v) is 5.68. The van der Waals surface area contributed by atoms with E-state index in [0.29, 0.717) is 12.0 Å². The smallest absolute Gasteiger partial charge is 0.303 e. The predicted molar refractivity (Wildman–Crippen MR) is 78.9 cm³/mol. The van der Waals surface area contributed by atoms with Gasteiger partial charge in [0.2, 0.25) is 0 Å². The Balaban J connectivity index is 2.63. The molecule has 4 nitrogen and oxygen atoms in total. The highest BCUT2D eigenvalue weighted by Gasteiger charge is 2.22. The molecule has 0 aromatic heterocycles. The second-order valence-electron chi connectivity index (χ2n) is 5.68. The standard InChI is InChI=1S/C16H23NO3/c1-4-5-12-6-8-13(9-7-12)15(20)17-16(2,3)11-10-14(18)19/h6-9H,4-5,10-11H2,1-3H3,(H,17,20)(H,18,19). The van der Waals surface area contributed by atoms with E-state index in [4.69, 9.17) is 5.11 Å². The summed E-state index contributed by atoms with van der Waals surface area (Å²) in [7, 11) is 0. The van der Waals surface area contributed by atoms with Gasteiger partial charge in [-0.05, 0) is 44.4 Å². The second kappa shape index (κ2) is 7.08. The molecule has 1 aromatic carbocycles. The first-order valence-corrected chi connectivity index (χ1v) is 6.97. The van der Waals surface area contributed by atoms with Crippen molar-refractivity contribution in [3.8, 4) is 0 Å². The maximum Gasteiger partial charge on any atom is 0.303 e. The Kier molecular flexibility index (Phi) is 5.74. The lowest BCUT2D eigenvalue weighted by atomic mass is 9.97. The number of hydrogen-bond donors (Lipinski definition) is 2. The number of benzene rings is 1. The van der Waals surface area contributed by atoms with E-state index in [1.807, 2.05) is 38.1 Å². The van der Waals surface area contributed by atoms with Gasteiger partial charge in [-0.2, -0.15) is 0 Å². The molecule has 0 unspecified atom stereocenters. The summed E-state index contributed by atoms with van der Waals surface area (Å²) in [5, 5.41) is 11.6. The lowest BCUT2D eigenvalue weighted by Crippen LogP contribution is -2.43. The van der Waals surface area contributed by atoms with Crippen LogP contribution >= 0.6 is 0 Å². The number of carbonyl (C=O) groups is 2. The largest absolute Gasteiger partial charge is 0.481 e. The molecule has 110 valence electrons. The van der Waals surface area contributed by atoms with Gasteiger partial charge in [0.1, 0.15) is 0 Å². The van der Waals surface area contributed by atoms with Crippen LogP contribution in [0.25, 0.3) is 0 Å². The van der Waals surface area contributed by atoms with E-state index < -0.39 is 11.5 Å². The van der Waals surface area contributed by atoms with Crippen molar-refractivity contribution < 1.29 is 14.7 Å². The number of carboxylic acid groups (broad SMARTS) is 1. The highest BCUT2D eigenvalue weighted by atomic mass is 16.4. The molecule has 20 heavy (non-hydrogen) atoms. The van der Waals surface area contributed by atoms with Gasteiger partial charge in [-0.25, -0.2) is 0 Å². The minimum absolute atomic E-state index is 0.0444. The van der Waals surface area contributed by atoms with Gasteiger partial charge in [0.15, 0.2) is 0 Å². The quantitative estimate of drug-likeness (QED) is 0.805. The minimum Gasteiger partial charge on any atom is -0.481 e. The van der Waals surface area contributed by atoms with E-state index >= 15 is 0 Å². The Morgan fingerprint density at radius 2 is 1.80 bits per heavy atom.